The van der Waals surface area contributed by atoms with Crippen LogP contribution in [0.15, 0.2) is 36.4 Å². The summed E-state index contributed by atoms with van der Waals surface area (Å²) in [5.41, 5.74) is 0. The van der Waals surface area contributed by atoms with Gasteiger partial charge in [-0.05, 0) is 12.8 Å². The number of ether oxygens (including phenoxy) is 2. The molecule has 0 fully saturated rings. The van der Waals surface area contributed by atoms with Gasteiger partial charge in [-0.2, -0.15) is 0 Å². The molecule has 0 atom stereocenters. The van der Waals surface area contributed by atoms with E-state index in [0.717, 1.165) is 12.1 Å². The van der Waals surface area contributed by atoms with Crippen LogP contribution in [0.3, 0.4) is 0 Å². The third kappa shape index (κ3) is 7.45. The van der Waals surface area contributed by atoms with E-state index in [1.54, 1.807) is 0 Å². The average Bonchev–Trinajstić information content (AvgIpc) is 2.56. The van der Waals surface area contributed by atoms with E-state index >= 15 is 0 Å². The normalized spacial score (nSPS) is 10.4. The number of hydrogen-bond donors (Lipinski definition) is 4. The summed E-state index contributed by atoms with van der Waals surface area (Å²) < 4.78 is 10.1. The van der Waals surface area contributed by atoms with E-state index in [4.69, 9.17) is 9.47 Å². The van der Waals surface area contributed by atoms with Crippen molar-refractivity contribution in [3.63, 3.8) is 0 Å². The molecule has 0 saturated carbocycles. The molecular formula is C20H22O8. The molecule has 2 aromatic carbocycles. The van der Waals surface area contributed by atoms with Crippen LogP contribution in [-0.4, -0.2) is 32.4 Å². The van der Waals surface area contributed by atoms with Gasteiger partial charge in [0.25, 0.3) is 0 Å². The smallest absolute Gasteiger partial charge is 0.311 e. The van der Waals surface area contributed by atoms with E-state index in [0.29, 0.717) is 25.7 Å². The SMILES string of the molecule is O=C(CCCCCCC(=O)Oc1cc(O)cc(O)c1)Oc1cc(O)cc(O)c1. The lowest BCUT2D eigenvalue weighted by atomic mass is 10.1. The number of hydrogen-bond acceptors (Lipinski definition) is 8. The first-order chi connectivity index (χ1) is 13.3. The minimum Gasteiger partial charge on any atom is -0.508 e. The van der Waals surface area contributed by atoms with Crippen LogP contribution in [0, 0.1) is 0 Å². The number of carbonyl (C=O) groups excluding carboxylic acids is 2. The van der Waals surface area contributed by atoms with Gasteiger partial charge in [0.2, 0.25) is 0 Å². The minimum absolute atomic E-state index is 0.0724. The summed E-state index contributed by atoms with van der Waals surface area (Å²) in [4.78, 5) is 23.5. The highest BCUT2D eigenvalue weighted by molar-refractivity contribution is 5.73. The van der Waals surface area contributed by atoms with Crippen molar-refractivity contribution in [3.05, 3.63) is 36.4 Å². The van der Waals surface area contributed by atoms with Crippen LogP contribution in [0.4, 0.5) is 0 Å². The van der Waals surface area contributed by atoms with Gasteiger partial charge in [0.05, 0.1) is 0 Å². The Labute approximate surface area is 161 Å². The molecule has 0 aromatic heterocycles. The Morgan fingerprint density at radius 3 is 1.21 bits per heavy atom. The Kier molecular flexibility index (Phi) is 7.50. The first-order valence-corrected chi connectivity index (χ1v) is 8.79. The molecule has 8 heteroatoms. The monoisotopic (exact) mass is 390 g/mol. The number of carbonyl (C=O) groups is 2. The third-order valence-electron chi connectivity index (χ3n) is 3.73. The van der Waals surface area contributed by atoms with Crippen LogP contribution >= 0.6 is 0 Å². The van der Waals surface area contributed by atoms with Gasteiger partial charge in [0.15, 0.2) is 0 Å². The molecule has 28 heavy (non-hydrogen) atoms. The number of esters is 2. The van der Waals surface area contributed by atoms with Crippen molar-refractivity contribution in [1.29, 1.82) is 0 Å². The largest absolute Gasteiger partial charge is 0.508 e. The van der Waals surface area contributed by atoms with Crippen LogP contribution in [-0.2, 0) is 9.59 Å². The van der Waals surface area contributed by atoms with E-state index in [1.807, 2.05) is 0 Å². The highest BCUT2D eigenvalue weighted by Crippen LogP contribution is 2.27. The number of phenols is 4. The third-order valence-corrected chi connectivity index (χ3v) is 3.73. The number of unbranched alkanes of at least 4 members (excludes halogenated alkanes) is 3. The van der Waals surface area contributed by atoms with Gasteiger partial charge < -0.3 is 29.9 Å². The van der Waals surface area contributed by atoms with Gasteiger partial charge in [-0.15, -0.1) is 0 Å². The predicted molar refractivity (Wildman–Crippen MR) is 98.5 cm³/mol. The van der Waals surface area contributed by atoms with E-state index in [2.05, 4.69) is 0 Å². The van der Waals surface area contributed by atoms with Crippen molar-refractivity contribution in [2.24, 2.45) is 0 Å². The molecule has 4 N–H and O–H groups in total. The summed E-state index contributed by atoms with van der Waals surface area (Å²) >= 11 is 0. The predicted octanol–water partition coefficient (Wildman–Crippen LogP) is 3.36. The highest BCUT2D eigenvalue weighted by Gasteiger charge is 2.09. The average molecular weight is 390 g/mol. The van der Waals surface area contributed by atoms with Gasteiger partial charge in [0.1, 0.15) is 34.5 Å². The Morgan fingerprint density at radius 1 is 0.571 bits per heavy atom. The zero-order valence-electron chi connectivity index (χ0n) is 15.1. The van der Waals surface area contributed by atoms with Crippen LogP contribution in [0.2, 0.25) is 0 Å². The van der Waals surface area contributed by atoms with Crippen LogP contribution in [0.5, 0.6) is 34.5 Å². The molecule has 0 amide bonds. The van der Waals surface area contributed by atoms with E-state index in [-0.39, 0.29) is 47.3 Å². The Hall–Kier alpha value is -3.42. The van der Waals surface area contributed by atoms with Crippen molar-refractivity contribution in [2.75, 3.05) is 0 Å². The van der Waals surface area contributed by atoms with Crippen molar-refractivity contribution >= 4 is 11.9 Å². The number of benzene rings is 2. The fraction of sp³-hybridized carbons (Fsp3) is 0.300. The number of aromatic hydroxyl groups is 4. The summed E-state index contributed by atoms with van der Waals surface area (Å²) in [5, 5.41) is 37.3. The summed E-state index contributed by atoms with van der Waals surface area (Å²) in [6.07, 6.45) is 2.90. The van der Waals surface area contributed by atoms with Crippen molar-refractivity contribution in [1.82, 2.24) is 0 Å². The summed E-state index contributed by atoms with van der Waals surface area (Å²) in [7, 11) is 0. The Balaban J connectivity index is 1.59. The lowest BCUT2D eigenvalue weighted by Crippen LogP contribution is -2.08. The second kappa shape index (κ2) is 10.1. The van der Waals surface area contributed by atoms with Gasteiger partial charge >= 0.3 is 11.9 Å². The Morgan fingerprint density at radius 2 is 0.893 bits per heavy atom. The van der Waals surface area contributed by atoms with Gasteiger partial charge in [-0.25, -0.2) is 0 Å². The first kappa shape index (κ1) is 20.9. The van der Waals surface area contributed by atoms with Gasteiger partial charge in [0, 0.05) is 49.2 Å². The molecule has 0 aliphatic heterocycles. The quantitative estimate of drug-likeness (QED) is 0.291. The van der Waals surface area contributed by atoms with Crippen LogP contribution in [0.1, 0.15) is 38.5 Å². The summed E-state index contributed by atoms with van der Waals surface area (Å²) in [5.74, 6) is -1.61. The van der Waals surface area contributed by atoms with Gasteiger partial charge in [-0.3, -0.25) is 9.59 Å². The van der Waals surface area contributed by atoms with Crippen molar-refractivity contribution in [3.8, 4) is 34.5 Å². The molecule has 2 aromatic rings. The lowest BCUT2D eigenvalue weighted by Gasteiger charge is -2.06. The molecule has 8 nitrogen and oxygen atoms in total. The molecular weight excluding hydrogens is 368 g/mol. The molecule has 150 valence electrons. The summed E-state index contributed by atoms with van der Waals surface area (Å²) in [6.45, 7) is 0. The number of rotatable bonds is 9. The second-order valence-electron chi connectivity index (χ2n) is 6.23. The molecule has 0 heterocycles. The topological polar surface area (TPSA) is 134 Å². The zero-order chi connectivity index (χ0) is 20.5. The van der Waals surface area contributed by atoms with E-state index in [9.17, 15) is 30.0 Å². The van der Waals surface area contributed by atoms with Crippen molar-refractivity contribution in [2.45, 2.75) is 38.5 Å². The minimum atomic E-state index is -0.479. The van der Waals surface area contributed by atoms with Gasteiger partial charge in [-0.1, -0.05) is 12.8 Å². The standard InChI is InChI=1S/C20H22O8/c21-13-7-14(22)10-17(9-13)27-19(25)5-3-1-2-4-6-20(26)28-18-11-15(23)8-16(24)12-18/h7-12,21-24H,1-6H2. The first-order valence-electron chi connectivity index (χ1n) is 8.79. The lowest BCUT2D eigenvalue weighted by molar-refractivity contribution is -0.135. The summed E-state index contributed by atoms with van der Waals surface area (Å²) in [6, 6.07) is 7.19. The Bertz CT molecular complexity index is 721. The molecule has 0 saturated heterocycles. The van der Waals surface area contributed by atoms with Crippen molar-refractivity contribution < 1.29 is 39.5 Å². The fourth-order valence-electron chi connectivity index (χ4n) is 2.51. The maximum atomic E-state index is 11.7. The van der Waals surface area contributed by atoms with Crippen LogP contribution < -0.4 is 9.47 Å². The van der Waals surface area contributed by atoms with E-state index in [1.165, 1.54) is 24.3 Å². The molecule has 2 rings (SSSR count). The molecule has 0 bridgehead atoms. The number of phenolic OH excluding ortho intramolecular Hbond substituents is 4. The zero-order valence-corrected chi connectivity index (χ0v) is 15.1. The molecule has 0 unspecified atom stereocenters. The molecule has 0 aliphatic rings. The maximum absolute atomic E-state index is 11.7. The fourth-order valence-corrected chi connectivity index (χ4v) is 2.51. The molecule has 0 aliphatic carbocycles. The maximum Gasteiger partial charge on any atom is 0.311 e. The highest BCUT2D eigenvalue weighted by atomic mass is 16.5. The molecule has 0 spiro atoms. The van der Waals surface area contributed by atoms with Crippen LogP contribution in [0.25, 0.3) is 0 Å². The molecule has 0 radical (unpaired) electrons. The second-order valence-corrected chi connectivity index (χ2v) is 6.23. The van der Waals surface area contributed by atoms with E-state index < -0.39 is 11.9 Å².